The Morgan fingerprint density at radius 1 is 1.00 bits per heavy atom. The summed E-state index contributed by atoms with van der Waals surface area (Å²) in [5, 5.41) is 17.4. The Hall–Kier alpha value is -2.76. The van der Waals surface area contributed by atoms with Crippen molar-refractivity contribution in [1.29, 1.82) is 0 Å². The summed E-state index contributed by atoms with van der Waals surface area (Å²) in [6.07, 6.45) is 1.84. The van der Waals surface area contributed by atoms with Crippen LogP contribution in [0.2, 0.25) is 0 Å². The lowest BCUT2D eigenvalue weighted by molar-refractivity contribution is 0.708. The molecule has 3 aromatic rings. The molecule has 6 nitrogen and oxygen atoms in total. The molecule has 0 saturated heterocycles. The molecule has 0 unspecified atom stereocenters. The summed E-state index contributed by atoms with van der Waals surface area (Å²) < 4.78 is 3.47. The summed E-state index contributed by atoms with van der Waals surface area (Å²) >= 11 is 0. The maximum Gasteiger partial charge on any atom is 0.273 e. The molecule has 0 spiro atoms. The third-order valence-corrected chi connectivity index (χ3v) is 3.73. The van der Waals surface area contributed by atoms with Gasteiger partial charge in [0.1, 0.15) is 0 Å². The number of hydrogen-bond donors (Lipinski definition) is 0. The van der Waals surface area contributed by atoms with Gasteiger partial charge in [-0.25, -0.2) is 4.68 Å². The molecular formula is C17H20N6. The average Bonchev–Trinajstić information content (AvgIpc) is 3.02. The largest absolute Gasteiger partial charge is 0.273 e. The van der Waals surface area contributed by atoms with Crippen LogP contribution in [0.5, 0.6) is 0 Å². The number of nitrogens with zero attached hydrogens (tertiary/aromatic N) is 6. The van der Waals surface area contributed by atoms with Crippen molar-refractivity contribution in [3.05, 3.63) is 58.2 Å². The molecule has 0 N–H and O–H groups in total. The Morgan fingerprint density at radius 3 is 2.48 bits per heavy atom. The molecule has 0 atom stereocenters. The van der Waals surface area contributed by atoms with Gasteiger partial charge in [-0.3, -0.25) is 0 Å². The maximum absolute atomic E-state index is 4.57. The summed E-state index contributed by atoms with van der Waals surface area (Å²) in [5.74, 6) is 1.31. The number of benzene rings is 1. The molecule has 0 fully saturated rings. The van der Waals surface area contributed by atoms with Gasteiger partial charge in [0, 0.05) is 5.69 Å². The van der Waals surface area contributed by atoms with Crippen molar-refractivity contribution in [2.75, 3.05) is 0 Å². The van der Waals surface area contributed by atoms with Crippen LogP contribution in [-0.4, -0.2) is 30.9 Å². The van der Waals surface area contributed by atoms with Crippen molar-refractivity contribution < 1.29 is 0 Å². The van der Waals surface area contributed by atoms with E-state index >= 15 is 0 Å². The van der Waals surface area contributed by atoms with Gasteiger partial charge in [-0.2, -0.15) is 14.9 Å². The summed E-state index contributed by atoms with van der Waals surface area (Å²) in [7, 11) is 0. The summed E-state index contributed by atoms with van der Waals surface area (Å²) in [6.45, 7) is 9.96. The summed E-state index contributed by atoms with van der Waals surface area (Å²) in [4.78, 5) is 0. The molecule has 6 heteroatoms. The first kappa shape index (κ1) is 15.1. The zero-order valence-electron chi connectivity index (χ0n) is 14.1. The molecule has 2 heterocycles. The molecular weight excluding hydrogens is 288 g/mol. The van der Waals surface area contributed by atoms with Gasteiger partial charge in [-0.05, 0) is 51.8 Å². The normalized spacial score (nSPS) is 11.5. The van der Waals surface area contributed by atoms with Crippen LogP contribution in [0.1, 0.15) is 33.9 Å². The van der Waals surface area contributed by atoms with E-state index in [9.17, 15) is 0 Å². The molecule has 0 saturated carbocycles. The molecule has 0 amide bonds. The maximum atomic E-state index is 4.57. The van der Waals surface area contributed by atoms with Gasteiger partial charge in [0.05, 0.1) is 11.9 Å². The number of aryl methyl sites for hydroxylation is 5. The monoisotopic (exact) mass is 308 g/mol. The van der Waals surface area contributed by atoms with E-state index in [1.165, 1.54) is 11.1 Å². The van der Waals surface area contributed by atoms with E-state index in [-0.39, 0.29) is 0 Å². The smallest absolute Gasteiger partial charge is 0.202 e. The van der Waals surface area contributed by atoms with Crippen molar-refractivity contribution in [2.45, 2.75) is 34.6 Å². The minimum absolute atomic E-state index is 0.592. The van der Waals surface area contributed by atoms with Crippen LogP contribution in [0.25, 0.3) is 5.95 Å². The minimum Gasteiger partial charge on any atom is -0.202 e. The molecule has 0 aliphatic carbocycles. The molecule has 1 aromatic carbocycles. The van der Waals surface area contributed by atoms with Crippen molar-refractivity contribution in [3.63, 3.8) is 0 Å². The van der Waals surface area contributed by atoms with Crippen LogP contribution in [0, 0.1) is 34.6 Å². The molecule has 2 aromatic heterocycles. The Kier molecular flexibility index (Phi) is 3.82. The quantitative estimate of drug-likeness (QED) is 0.699. The van der Waals surface area contributed by atoms with E-state index in [1.807, 2.05) is 33.1 Å². The number of hydrogen-bond acceptors (Lipinski definition) is 4. The molecule has 3 rings (SSSR count). The second-order valence-corrected chi connectivity index (χ2v) is 5.80. The highest BCUT2D eigenvalue weighted by Crippen LogP contribution is 2.13. The van der Waals surface area contributed by atoms with Gasteiger partial charge in [0.2, 0.25) is 0 Å². The van der Waals surface area contributed by atoms with Crippen molar-refractivity contribution >= 4 is 6.21 Å². The fourth-order valence-corrected chi connectivity index (χ4v) is 2.46. The highest BCUT2D eigenvalue weighted by molar-refractivity contribution is 5.81. The molecule has 23 heavy (non-hydrogen) atoms. The van der Waals surface area contributed by atoms with Crippen LogP contribution >= 0.6 is 0 Å². The van der Waals surface area contributed by atoms with E-state index in [0.29, 0.717) is 11.8 Å². The van der Waals surface area contributed by atoms with Crippen LogP contribution in [0.15, 0.2) is 29.4 Å². The van der Waals surface area contributed by atoms with Gasteiger partial charge in [-0.15, -0.1) is 10.2 Å². The molecule has 0 bridgehead atoms. The standard InChI is InChI=1S/C17H20N6/c1-11-6-7-12(2)16(8-11)10-18-23-15(5)19-20-17(23)22-14(4)9-13(3)21-22/h6-10H,1-5H3/b18-10-. The SMILES string of the molecule is Cc1ccc(C)c(/C=N\n2c(C)nnc2-n2nc(C)cc2C)c1. The van der Waals surface area contributed by atoms with Gasteiger partial charge in [0.25, 0.3) is 5.95 Å². The second kappa shape index (κ2) is 5.79. The average molecular weight is 308 g/mol. The molecule has 118 valence electrons. The first-order valence-electron chi connectivity index (χ1n) is 7.53. The van der Waals surface area contributed by atoms with Crippen molar-refractivity contribution in [3.8, 4) is 5.95 Å². The zero-order chi connectivity index (χ0) is 16.6. The Morgan fingerprint density at radius 2 is 1.78 bits per heavy atom. The summed E-state index contributed by atoms with van der Waals surface area (Å²) in [5.41, 5.74) is 5.40. The third kappa shape index (κ3) is 2.92. The molecule has 0 aliphatic heterocycles. The lowest BCUT2D eigenvalue weighted by atomic mass is 10.1. The second-order valence-electron chi connectivity index (χ2n) is 5.80. The number of rotatable bonds is 3. The van der Waals surface area contributed by atoms with Gasteiger partial charge >= 0.3 is 0 Å². The van der Waals surface area contributed by atoms with E-state index in [1.54, 1.807) is 9.36 Å². The van der Waals surface area contributed by atoms with Gasteiger partial charge in [0.15, 0.2) is 5.82 Å². The minimum atomic E-state index is 0.592. The fourth-order valence-electron chi connectivity index (χ4n) is 2.46. The lowest BCUT2D eigenvalue weighted by Gasteiger charge is -2.05. The third-order valence-electron chi connectivity index (χ3n) is 3.73. The van der Waals surface area contributed by atoms with E-state index in [4.69, 9.17) is 0 Å². The van der Waals surface area contributed by atoms with Crippen LogP contribution in [0.3, 0.4) is 0 Å². The summed E-state index contributed by atoms with van der Waals surface area (Å²) in [6, 6.07) is 8.31. The molecule has 0 radical (unpaired) electrons. The van der Waals surface area contributed by atoms with Crippen molar-refractivity contribution in [2.24, 2.45) is 5.10 Å². The highest BCUT2D eigenvalue weighted by atomic mass is 15.5. The van der Waals surface area contributed by atoms with E-state index in [0.717, 1.165) is 17.0 Å². The van der Waals surface area contributed by atoms with Crippen molar-refractivity contribution in [1.82, 2.24) is 24.7 Å². The molecule has 0 aliphatic rings. The Bertz CT molecular complexity index is 885. The predicted molar refractivity (Wildman–Crippen MR) is 90.3 cm³/mol. The zero-order valence-corrected chi connectivity index (χ0v) is 14.1. The highest BCUT2D eigenvalue weighted by Gasteiger charge is 2.13. The lowest BCUT2D eigenvalue weighted by Crippen LogP contribution is -2.08. The fraction of sp³-hybridized carbons (Fsp3) is 0.294. The Balaban J connectivity index is 2.04. The van der Waals surface area contributed by atoms with E-state index in [2.05, 4.69) is 52.4 Å². The first-order chi connectivity index (χ1) is 11.0. The topological polar surface area (TPSA) is 60.9 Å². The van der Waals surface area contributed by atoms with Crippen LogP contribution in [0.4, 0.5) is 0 Å². The first-order valence-corrected chi connectivity index (χ1v) is 7.53. The van der Waals surface area contributed by atoms with Crippen LogP contribution < -0.4 is 0 Å². The van der Waals surface area contributed by atoms with E-state index < -0.39 is 0 Å². The van der Waals surface area contributed by atoms with Gasteiger partial charge in [-0.1, -0.05) is 23.8 Å². The van der Waals surface area contributed by atoms with Crippen LogP contribution in [-0.2, 0) is 0 Å². The Labute approximate surface area is 135 Å². The van der Waals surface area contributed by atoms with Gasteiger partial charge < -0.3 is 0 Å². The number of aromatic nitrogens is 5. The predicted octanol–water partition coefficient (Wildman–Crippen LogP) is 2.89.